The highest BCUT2D eigenvalue weighted by Crippen LogP contribution is 2.40. The van der Waals surface area contributed by atoms with Crippen molar-refractivity contribution in [3.8, 4) is 0 Å². The SMILES string of the molecule is CNC(c1c(C)ccnc1N)C1CCC(C(C)C)CC1. The molecule has 2 rings (SSSR count). The highest BCUT2D eigenvalue weighted by Gasteiger charge is 2.30. The quantitative estimate of drug-likeness (QED) is 0.881. The molecular formula is C17H29N3. The van der Waals surface area contributed by atoms with Crippen molar-refractivity contribution in [2.75, 3.05) is 12.8 Å². The van der Waals surface area contributed by atoms with Crippen LogP contribution in [0, 0.1) is 24.7 Å². The zero-order valence-electron chi connectivity index (χ0n) is 13.3. The summed E-state index contributed by atoms with van der Waals surface area (Å²) in [5, 5.41) is 3.49. The average molecular weight is 275 g/mol. The summed E-state index contributed by atoms with van der Waals surface area (Å²) in [6.45, 7) is 6.84. The van der Waals surface area contributed by atoms with Gasteiger partial charge in [0.15, 0.2) is 0 Å². The molecule has 0 aromatic carbocycles. The van der Waals surface area contributed by atoms with Crippen molar-refractivity contribution >= 4 is 5.82 Å². The third kappa shape index (κ3) is 3.14. The van der Waals surface area contributed by atoms with Gasteiger partial charge >= 0.3 is 0 Å². The van der Waals surface area contributed by atoms with Gasteiger partial charge < -0.3 is 11.1 Å². The summed E-state index contributed by atoms with van der Waals surface area (Å²) in [5.74, 6) is 3.08. The summed E-state index contributed by atoms with van der Waals surface area (Å²) in [4.78, 5) is 4.28. The van der Waals surface area contributed by atoms with Gasteiger partial charge in [-0.2, -0.15) is 0 Å². The molecule has 1 atom stereocenters. The van der Waals surface area contributed by atoms with Crippen LogP contribution in [0.4, 0.5) is 5.82 Å². The lowest BCUT2D eigenvalue weighted by Gasteiger charge is -2.36. The van der Waals surface area contributed by atoms with Gasteiger partial charge in [0, 0.05) is 17.8 Å². The van der Waals surface area contributed by atoms with E-state index < -0.39 is 0 Å². The monoisotopic (exact) mass is 275 g/mol. The van der Waals surface area contributed by atoms with Gasteiger partial charge in [-0.15, -0.1) is 0 Å². The van der Waals surface area contributed by atoms with E-state index in [1.165, 1.54) is 36.8 Å². The molecule has 1 unspecified atom stereocenters. The van der Waals surface area contributed by atoms with Crippen LogP contribution in [0.25, 0.3) is 0 Å². The standard InChI is InChI=1S/C17H29N3/c1-11(2)13-5-7-14(8-6-13)16(19-4)15-12(3)9-10-20-17(15)18/h9-11,13-14,16,19H,5-8H2,1-4H3,(H2,18,20). The van der Waals surface area contributed by atoms with Crippen LogP contribution in [0.15, 0.2) is 12.3 Å². The summed E-state index contributed by atoms with van der Waals surface area (Å²) >= 11 is 0. The summed E-state index contributed by atoms with van der Waals surface area (Å²) in [6.07, 6.45) is 7.08. The maximum Gasteiger partial charge on any atom is 0.128 e. The number of hydrogen-bond acceptors (Lipinski definition) is 3. The Morgan fingerprint density at radius 1 is 1.20 bits per heavy atom. The van der Waals surface area contributed by atoms with Crippen LogP contribution in [0.5, 0.6) is 0 Å². The molecule has 0 amide bonds. The molecule has 0 bridgehead atoms. The molecule has 1 saturated carbocycles. The predicted octanol–water partition coefficient (Wildman–Crippen LogP) is 3.70. The molecule has 1 aliphatic rings. The van der Waals surface area contributed by atoms with E-state index >= 15 is 0 Å². The number of nitrogens with zero attached hydrogens (tertiary/aromatic N) is 1. The fourth-order valence-electron chi connectivity index (χ4n) is 3.76. The third-order valence-corrected chi connectivity index (χ3v) is 5.09. The number of rotatable bonds is 4. The summed E-state index contributed by atoms with van der Waals surface area (Å²) in [6, 6.07) is 2.41. The predicted molar refractivity (Wildman–Crippen MR) is 85.5 cm³/mol. The van der Waals surface area contributed by atoms with E-state index in [0.29, 0.717) is 17.8 Å². The Morgan fingerprint density at radius 2 is 1.80 bits per heavy atom. The molecule has 0 radical (unpaired) electrons. The molecule has 1 aromatic rings. The van der Waals surface area contributed by atoms with Crippen LogP contribution >= 0.6 is 0 Å². The van der Waals surface area contributed by atoms with Crippen molar-refractivity contribution in [3.63, 3.8) is 0 Å². The normalized spacial score (nSPS) is 24.9. The van der Waals surface area contributed by atoms with E-state index in [1.54, 1.807) is 6.20 Å². The molecule has 20 heavy (non-hydrogen) atoms. The first-order valence-corrected chi connectivity index (χ1v) is 7.92. The number of nitrogens with one attached hydrogen (secondary N) is 1. The lowest BCUT2D eigenvalue weighted by molar-refractivity contribution is 0.192. The van der Waals surface area contributed by atoms with Crippen LogP contribution in [0.3, 0.4) is 0 Å². The number of aryl methyl sites for hydroxylation is 1. The van der Waals surface area contributed by atoms with Gasteiger partial charge in [0.05, 0.1) is 0 Å². The largest absolute Gasteiger partial charge is 0.383 e. The van der Waals surface area contributed by atoms with E-state index in [4.69, 9.17) is 5.73 Å². The Hall–Kier alpha value is -1.09. The van der Waals surface area contributed by atoms with Crippen LogP contribution < -0.4 is 11.1 Å². The summed E-state index contributed by atoms with van der Waals surface area (Å²) in [5.41, 5.74) is 8.59. The maximum absolute atomic E-state index is 6.13. The minimum atomic E-state index is 0.344. The zero-order chi connectivity index (χ0) is 14.7. The number of anilines is 1. The number of aromatic nitrogens is 1. The topological polar surface area (TPSA) is 50.9 Å². The Bertz CT molecular complexity index is 414. The van der Waals surface area contributed by atoms with Gasteiger partial charge in [0.2, 0.25) is 0 Å². The van der Waals surface area contributed by atoms with Crippen LogP contribution in [-0.4, -0.2) is 12.0 Å². The molecule has 1 aromatic heterocycles. The molecule has 0 saturated heterocycles. The number of nitrogen functional groups attached to an aromatic ring is 1. The Morgan fingerprint density at radius 3 is 2.30 bits per heavy atom. The molecule has 1 fully saturated rings. The Kier molecular flexibility index (Phi) is 5.03. The average Bonchev–Trinajstić information content (AvgIpc) is 2.43. The second-order valence-corrected chi connectivity index (χ2v) is 6.61. The molecule has 3 heteroatoms. The van der Waals surface area contributed by atoms with Gasteiger partial charge in [-0.05, 0) is 69.0 Å². The van der Waals surface area contributed by atoms with Gasteiger partial charge in [-0.1, -0.05) is 13.8 Å². The van der Waals surface area contributed by atoms with Gasteiger partial charge in [0.25, 0.3) is 0 Å². The van der Waals surface area contributed by atoms with Crippen LogP contribution in [0.2, 0.25) is 0 Å². The van der Waals surface area contributed by atoms with E-state index in [2.05, 4.69) is 37.1 Å². The molecule has 3 N–H and O–H groups in total. The van der Waals surface area contributed by atoms with Crippen molar-refractivity contribution in [1.29, 1.82) is 0 Å². The highest BCUT2D eigenvalue weighted by atomic mass is 14.9. The smallest absolute Gasteiger partial charge is 0.128 e. The first-order chi connectivity index (χ1) is 9.54. The number of hydrogen-bond donors (Lipinski definition) is 2. The zero-order valence-corrected chi connectivity index (χ0v) is 13.3. The minimum Gasteiger partial charge on any atom is -0.383 e. The van der Waals surface area contributed by atoms with Gasteiger partial charge in [-0.25, -0.2) is 4.98 Å². The van der Waals surface area contributed by atoms with E-state index in [-0.39, 0.29) is 0 Å². The third-order valence-electron chi connectivity index (χ3n) is 5.09. The molecule has 0 spiro atoms. The molecule has 3 nitrogen and oxygen atoms in total. The van der Waals surface area contributed by atoms with Crippen molar-refractivity contribution in [1.82, 2.24) is 10.3 Å². The second kappa shape index (κ2) is 6.57. The van der Waals surface area contributed by atoms with Crippen LogP contribution in [-0.2, 0) is 0 Å². The Balaban J connectivity index is 2.14. The van der Waals surface area contributed by atoms with Crippen molar-refractivity contribution in [3.05, 3.63) is 23.4 Å². The second-order valence-electron chi connectivity index (χ2n) is 6.61. The van der Waals surface area contributed by atoms with Crippen molar-refractivity contribution < 1.29 is 0 Å². The first kappa shape index (κ1) is 15.3. The van der Waals surface area contributed by atoms with E-state index in [0.717, 1.165) is 11.8 Å². The lowest BCUT2D eigenvalue weighted by Crippen LogP contribution is -2.31. The highest BCUT2D eigenvalue weighted by molar-refractivity contribution is 5.46. The fraction of sp³-hybridized carbons (Fsp3) is 0.706. The van der Waals surface area contributed by atoms with E-state index in [9.17, 15) is 0 Å². The molecule has 1 heterocycles. The molecule has 1 aliphatic carbocycles. The molecule has 112 valence electrons. The Labute approximate surface area is 123 Å². The number of nitrogens with two attached hydrogens (primary N) is 1. The fourth-order valence-corrected chi connectivity index (χ4v) is 3.76. The lowest BCUT2D eigenvalue weighted by atomic mass is 9.73. The van der Waals surface area contributed by atoms with E-state index in [1.807, 2.05) is 7.05 Å². The molecular weight excluding hydrogens is 246 g/mol. The van der Waals surface area contributed by atoms with Crippen molar-refractivity contribution in [2.45, 2.75) is 52.5 Å². The first-order valence-electron chi connectivity index (χ1n) is 7.92. The summed E-state index contributed by atoms with van der Waals surface area (Å²) in [7, 11) is 2.05. The van der Waals surface area contributed by atoms with Crippen molar-refractivity contribution in [2.24, 2.45) is 17.8 Å². The van der Waals surface area contributed by atoms with Gasteiger partial charge in [-0.3, -0.25) is 0 Å². The number of pyridine rings is 1. The van der Waals surface area contributed by atoms with Crippen LogP contribution in [0.1, 0.15) is 56.7 Å². The minimum absolute atomic E-state index is 0.344. The van der Waals surface area contributed by atoms with Gasteiger partial charge in [0.1, 0.15) is 5.82 Å². The maximum atomic E-state index is 6.13. The summed E-state index contributed by atoms with van der Waals surface area (Å²) < 4.78 is 0. The molecule has 0 aliphatic heterocycles.